The van der Waals surface area contributed by atoms with Crippen molar-refractivity contribution in [3.63, 3.8) is 0 Å². The topological polar surface area (TPSA) is 245 Å². The SMILES string of the molecule is Cc1ncsc1-c1ccc([C@H](C)NC(=O)[C@@H]2C[C@@H](O)CN2C(=O)[C@@H](c2cc(N3CCN(C(=O)N4CCC(O[C@H]5C[C@H](Oc6cc(N7C8CCC7CN(c7cc(-c9ccccc9O)nnc7N)C8)ccn6)C5)CC4)CC3)no2)C(C)C)cc1. The van der Waals surface area contributed by atoms with E-state index in [0.29, 0.717) is 73.8 Å². The van der Waals surface area contributed by atoms with Crippen LogP contribution in [0.5, 0.6) is 11.6 Å². The third-order valence-corrected chi connectivity index (χ3v) is 18.5. The number of aromatic hydroxyl groups is 1. The van der Waals surface area contributed by atoms with Gasteiger partial charge in [0.2, 0.25) is 17.7 Å². The van der Waals surface area contributed by atoms with Crippen molar-refractivity contribution in [3.05, 3.63) is 102 Å². The fourth-order valence-electron chi connectivity index (χ4n) is 13.0. The van der Waals surface area contributed by atoms with Gasteiger partial charge in [-0.05, 0) is 80.8 Å². The van der Waals surface area contributed by atoms with Crippen molar-refractivity contribution >= 4 is 52.2 Å². The molecule has 21 nitrogen and oxygen atoms in total. The lowest BCUT2D eigenvalue weighted by Crippen LogP contribution is -2.55. The van der Waals surface area contributed by atoms with E-state index in [0.717, 1.165) is 84.7 Å². The molecule has 5 saturated heterocycles. The number of aryl methyl sites for hydroxylation is 1. The molecular formula is C60H73N13O8S. The van der Waals surface area contributed by atoms with Crippen LogP contribution < -0.4 is 30.5 Å². The highest BCUT2D eigenvalue weighted by Gasteiger charge is 2.45. The largest absolute Gasteiger partial charge is 0.507 e. The standard InChI is InChI=1S/C60H73N13O8S/c1-35(2)55(59(77)72-33-43(74)26-50(72)58(76)64-36(3)38-9-11-39(12-10-38)56-37(4)63-34-82-56)52-30-53(67-81-52)68-21-23-70(24-22-68)60(78)69-19-16-44(17-20-69)79-45-27-46(28-45)80-54-25-40(15-18-62-54)73-41-13-14-42(73)32-71(31-41)49-29-48(65-66-57(49)61)47-7-5-6-8-51(47)75/h5-12,15,18,25,29-30,34-36,41-46,50,55,74-75H,13-14,16-17,19-24,26-28,31-33H2,1-4H3,(H2,61,66)(H,64,76)/t36-,41?,42?,43+,45-,46-,50-,55+/m0/s1. The van der Waals surface area contributed by atoms with Crippen LogP contribution >= 0.6 is 11.3 Å². The second-order valence-corrected chi connectivity index (χ2v) is 24.2. The van der Waals surface area contributed by atoms with Crippen LogP contribution in [0, 0.1) is 12.8 Å². The highest BCUT2D eigenvalue weighted by Crippen LogP contribution is 2.41. The molecule has 4 aromatic heterocycles. The number of piperidine rings is 1. The van der Waals surface area contributed by atoms with Crippen molar-refractivity contribution in [3.8, 4) is 33.3 Å². The van der Waals surface area contributed by atoms with Gasteiger partial charge in [-0.15, -0.1) is 21.5 Å². The smallest absolute Gasteiger partial charge is 0.320 e. The summed E-state index contributed by atoms with van der Waals surface area (Å²) in [7, 11) is 0. The number of aromatic nitrogens is 5. The van der Waals surface area contributed by atoms with Crippen molar-refractivity contribution < 1.29 is 38.6 Å². The monoisotopic (exact) mass is 1140 g/mol. The Hall–Kier alpha value is -7.56. The highest BCUT2D eigenvalue weighted by atomic mass is 32.1. The number of nitrogens with zero attached hydrogens (tertiary/aromatic N) is 11. The zero-order chi connectivity index (χ0) is 56.8. The normalized spacial score (nSPS) is 23.7. The molecule has 6 aromatic rings. The number of phenolic OH excluding ortho intramolecular Hbond substituents is 1. The number of nitrogens with two attached hydrogens (primary N) is 1. The number of urea groups is 1. The lowest BCUT2D eigenvalue weighted by Gasteiger charge is -2.43. The molecule has 12 rings (SSSR count). The summed E-state index contributed by atoms with van der Waals surface area (Å²) in [6.45, 7) is 12.8. The van der Waals surface area contributed by atoms with Crippen LogP contribution in [-0.2, 0) is 14.3 Å². The first kappa shape index (κ1) is 55.0. The molecule has 2 unspecified atom stereocenters. The van der Waals surface area contributed by atoms with Crippen LogP contribution in [0.25, 0.3) is 21.7 Å². The molecule has 5 aliphatic heterocycles. The Morgan fingerprint density at radius 3 is 2.24 bits per heavy atom. The molecule has 2 bridgehead atoms. The van der Waals surface area contributed by atoms with Gasteiger partial charge in [0.05, 0.1) is 51.8 Å². The average molecular weight is 1140 g/mol. The van der Waals surface area contributed by atoms with Crippen LogP contribution in [0.2, 0.25) is 0 Å². The van der Waals surface area contributed by atoms with Crippen LogP contribution in [0.4, 0.5) is 27.8 Å². The van der Waals surface area contributed by atoms with E-state index in [9.17, 15) is 24.6 Å². The number of amides is 4. The lowest BCUT2D eigenvalue weighted by molar-refractivity contribution is -0.141. The summed E-state index contributed by atoms with van der Waals surface area (Å²) < 4.78 is 18.9. The summed E-state index contributed by atoms with van der Waals surface area (Å²) in [5.41, 5.74) is 14.3. The maximum atomic E-state index is 14.4. The number of carbonyl (C=O) groups excluding carboxylic acids is 3. The number of rotatable bonds is 15. The van der Waals surface area contributed by atoms with Gasteiger partial charge >= 0.3 is 6.03 Å². The van der Waals surface area contributed by atoms with Gasteiger partial charge in [-0.2, -0.15) is 0 Å². The Morgan fingerprint density at radius 2 is 1.54 bits per heavy atom. The van der Waals surface area contributed by atoms with E-state index in [1.54, 1.807) is 29.5 Å². The van der Waals surface area contributed by atoms with Crippen LogP contribution in [0.3, 0.4) is 0 Å². The number of piperazine rings is 2. The van der Waals surface area contributed by atoms with Crippen molar-refractivity contribution in [1.29, 1.82) is 0 Å². The molecule has 5 N–H and O–H groups in total. The van der Waals surface area contributed by atoms with Gasteiger partial charge in [-0.1, -0.05) is 55.4 Å². The summed E-state index contributed by atoms with van der Waals surface area (Å²) in [4.78, 5) is 64.3. The number of thiazole rings is 1. The number of pyridine rings is 1. The lowest BCUT2D eigenvalue weighted by atomic mass is 9.91. The van der Waals surface area contributed by atoms with E-state index < -0.39 is 18.1 Å². The van der Waals surface area contributed by atoms with E-state index in [1.807, 2.05) is 91.7 Å². The summed E-state index contributed by atoms with van der Waals surface area (Å²) in [6.07, 6.45) is 6.58. The van der Waals surface area contributed by atoms with E-state index in [4.69, 9.17) is 19.7 Å². The Balaban J connectivity index is 0.573. The number of hydrogen-bond acceptors (Lipinski definition) is 18. The van der Waals surface area contributed by atoms with Gasteiger partial charge in [0.1, 0.15) is 23.8 Å². The summed E-state index contributed by atoms with van der Waals surface area (Å²) >= 11 is 1.59. The minimum absolute atomic E-state index is 0.0207. The number of ether oxygens (including phenoxy) is 2. The molecule has 6 aliphatic rings. The molecule has 432 valence electrons. The molecule has 6 fully saturated rings. The number of hydrogen-bond donors (Lipinski definition) is 4. The number of fused-ring (bicyclic) bond motifs is 2. The van der Waals surface area contributed by atoms with Crippen molar-refractivity contribution in [2.45, 2.75) is 127 Å². The maximum Gasteiger partial charge on any atom is 0.320 e. The fraction of sp³-hybridized carbons (Fsp3) is 0.500. The fourth-order valence-corrected chi connectivity index (χ4v) is 13.8. The Labute approximate surface area is 481 Å². The van der Waals surface area contributed by atoms with Crippen LogP contribution in [-0.4, -0.2) is 170 Å². The van der Waals surface area contributed by atoms with Crippen molar-refractivity contribution in [2.24, 2.45) is 5.92 Å². The second-order valence-electron chi connectivity index (χ2n) is 23.3. The first-order valence-electron chi connectivity index (χ1n) is 29.0. The number of β-amino-alcohol motifs (C(OH)–C–C–N with tert-alkyl or cyclic N) is 1. The molecule has 0 radical (unpaired) electrons. The quantitative estimate of drug-likeness (QED) is 0.0807. The number of benzene rings is 2. The number of likely N-dealkylation sites (tertiary alicyclic amines) is 2. The van der Waals surface area contributed by atoms with Gasteiger partial charge in [0.25, 0.3) is 0 Å². The molecule has 82 heavy (non-hydrogen) atoms. The number of para-hydroxylation sites is 1. The van der Waals surface area contributed by atoms with E-state index in [2.05, 4.69) is 57.5 Å². The Kier molecular flexibility index (Phi) is 15.7. The number of anilines is 4. The molecule has 2 aromatic carbocycles. The third-order valence-electron chi connectivity index (χ3n) is 17.5. The van der Waals surface area contributed by atoms with E-state index in [-0.39, 0.29) is 78.9 Å². The van der Waals surface area contributed by atoms with E-state index >= 15 is 0 Å². The van der Waals surface area contributed by atoms with Gasteiger partial charge in [0.15, 0.2) is 17.4 Å². The predicted octanol–water partition coefficient (Wildman–Crippen LogP) is 7.02. The zero-order valence-corrected chi connectivity index (χ0v) is 47.7. The van der Waals surface area contributed by atoms with E-state index in [1.165, 1.54) is 4.90 Å². The van der Waals surface area contributed by atoms with Gasteiger partial charge in [0, 0.05) is 120 Å². The number of carbonyl (C=O) groups is 3. The minimum Gasteiger partial charge on any atom is -0.507 e. The van der Waals surface area contributed by atoms with Crippen LogP contribution in [0.15, 0.2) is 89.0 Å². The van der Waals surface area contributed by atoms with Crippen molar-refractivity contribution in [1.82, 2.24) is 45.3 Å². The van der Waals surface area contributed by atoms with Gasteiger partial charge in [-0.25, -0.2) is 14.8 Å². The molecular weight excluding hydrogens is 1060 g/mol. The molecule has 4 amide bonds. The summed E-state index contributed by atoms with van der Waals surface area (Å²) in [5, 5.41) is 37.3. The van der Waals surface area contributed by atoms with Crippen LogP contribution in [0.1, 0.15) is 94.7 Å². The molecule has 1 aliphatic carbocycles. The third kappa shape index (κ3) is 11.4. The Bertz CT molecular complexity index is 3230. The minimum atomic E-state index is -0.841. The van der Waals surface area contributed by atoms with Crippen molar-refractivity contribution in [2.75, 3.05) is 79.3 Å². The highest BCUT2D eigenvalue weighted by molar-refractivity contribution is 7.13. The summed E-state index contributed by atoms with van der Waals surface area (Å²) in [6, 6.07) is 22.4. The average Bonchev–Trinajstić information content (AvgIpc) is 4.45. The number of nitrogens with one attached hydrogen (secondary N) is 1. The molecule has 9 heterocycles. The summed E-state index contributed by atoms with van der Waals surface area (Å²) in [5.74, 6) is 0.628. The Morgan fingerprint density at radius 1 is 0.805 bits per heavy atom. The number of aliphatic hydroxyl groups excluding tert-OH is 1. The number of nitrogen functional groups attached to an aromatic ring is 1. The first-order chi connectivity index (χ1) is 39.7. The molecule has 1 saturated carbocycles. The maximum absolute atomic E-state index is 14.4. The zero-order valence-electron chi connectivity index (χ0n) is 46.9. The first-order valence-corrected chi connectivity index (χ1v) is 29.9. The number of phenols is 1. The molecule has 0 spiro atoms. The second kappa shape index (κ2) is 23.4. The number of aliphatic hydroxyl groups is 1. The molecule has 22 heteroatoms. The molecule has 6 atom stereocenters. The predicted molar refractivity (Wildman–Crippen MR) is 311 cm³/mol. The van der Waals surface area contributed by atoms with Gasteiger partial charge in [-0.3, -0.25) is 9.59 Å². The van der Waals surface area contributed by atoms with Gasteiger partial charge < -0.3 is 64.7 Å².